The first kappa shape index (κ1) is 15.9. The molecular weight excluding hydrogens is 307 g/mol. The van der Waals surface area contributed by atoms with Crippen LogP contribution in [0.4, 0.5) is 19.0 Å². The van der Waals surface area contributed by atoms with Gasteiger partial charge in [-0.05, 0) is 19.9 Å². The van der Waals surface area contributed by atoms with Gasteiger partial charge in [-0.25, -0.2) is 4.98 Å². The number of nitrogens with one attached hydrogen (secondary N) is 1. The lowest BCUT2D eigenvalue weighted by atomic mass is 9.99. The molecule has 2 rings (SSSR count). The molecule has 0 aliphatic carbocycles. The topological polar surface area (TPSA) is 45.2 Å². The molecule has 21 heavy (non-hydrogen) atoms. The zero-order valence-corrected chi connectivity index (χ0v) is 12.3. The highest BCUT2D eigenvalue weighted by Gasteiger charge is 2.36. The third-order valence-corrected chi connectivity index (χ3v) is 3.41. The van der Waals surface area contributed by atoms with Crippen molar-refractivity contribution in [3.8, 4) is 0 Å². The van der Waals surface area contributed by atoms with Crippen LogP contribution in [0, 0.1) is 5.92 Å². The fraction of sp³-hybridized carbons (Fsp3) is 0.538. The van der Waals surface area contributed by atoms with E-state index in [0.29, 0.717) is 13.1 Å². The van der Waals surface area contributed by atoms with E-state index in [-0.39, 0.29) is 28.7 Å². The summed E-state index contributed by atoms with van der Waals surface area (Å²) in [5.41, 5.74) is -0.883. The van der Waals surface area contributed by atoms with E-state index in [2.05, 4.69) is 10.3 Å². The molecule has 1 aromatic rings. The molecule has 1 amide bonds. The first-order chi connectivity index (χ1) is 9.68. The fourth-order valence-electron chi connectivity index (χ4n) is 2.04. The minimum absolute atomic E-state index is 0.0549. The van der Waals surface area contributed by atoms with Gasteiger partial charge in [-0.15, -0.1) is 0 Å². The number of anilines is 1. The van der Waals surface area contributed by atoms with Crippen molar-refractivity contribution in [2.45, 2.75) is 26.1 Å². The van der Waals surface area contributed by atoms with Gasteiger partial charge in [-0.3, -0.25) is 4.79 Å². The van der Waals surface area contributed by atoms with Crippen molar-refractivity contribution >= 4 is 23.3 Å². The molecule has 1 N–H and O–H groups in total. The second kappa shape index (κ2) is 5.71. The van der Waals surface area contributed by atoms with E-state index in [1.54, 1.807) is 4.90 Å². The molecule has 1 aromatic heterocycles. The first-order valence-corrected chi connectivity index (χ1v) is 6.84. The van der Waals surface area contributed by atoms with Gasteiger partial charge in [-0.1, -0.05) is 11.6 Å². The predicted molar refractivity (Wildman–Crippen MR) is 73.2 cm³/mol. The van der Waals surface area contributed by atoms with E-state index in [4.69, 9.17) is 11.6 Å². The van der Waals surface area contributed by atoms with Crippen molar-refractivity contribution in [1.29, 1.82) is 0 Å². The number of alkyl halides is 3. The summed E-state index contributed by atoms with van der Waals surface area (Å²) in [5, 5.41) is 2.73. The van der Waals surface area contributed by atoms with Crippen LogP contribution in [0.1, 0.15) is 19.4 Å². The molecule has 0 bridgehead atoms. The Morgan fingerprint density at radius 3 is 2.57 bits per heavy atom. The number of halogens is 4. The minimum atomic E-state index is -4.47. The summed E-state index contributed by atoms with van der Waals surface area (Å²) < 4.78 is 37.6. The van der Waals surface area contributed by atoms with Gasteiger partial charge in [0.25, 0.3) is 0 Å². The quantitative estimate of drug-likeness (QED) is 0.931. The fourth-order valence-corrected chi connectivity index (χ4v) is 2.32. The maximum atomic E-state index is 12.5. The van der Waals surface area contributed by atoms with E-state index < -0.39 is 11.7 Å². The number of carbonyl (C=O) groups excluding carboxylic acids is 1. The Morgan fingerprint density at radius 1 is 1.48 bits per heavy atom. The van der Waals surface area contributed by atoms with E-state index in [9.17, 15) is 18.0 Å². The summed E-state index contributed by atoms with van der Waals surface area (Å²) in [7, 11) is 0. The highest BCUT2D eigenvalue weighted by atomic mass is 35.5. The second-order valence-electron chi connectivity index (χ2n) is 5.29. The number of rotatable bonds is 3. The van der Waals surface area contributed by atoms with Gasteiger partial charge >= 0.3 is 6.18 Å². The van der Waals surface area contributed by atoms with E-state index in [0.717, 1.165) is 12.3 Å². The standard InChI is InChI=1S/C13H15ClF3N3O/c1-7(2)19-12(21)8-5-20(6-8)11-10(14)3-9(4-18-11)13(15,16)17/h3-4,7-8H,5-6H2,1-2H3,(H,19,21). The zero-order valence-electron chi connectivity index (χ0n) is 11.5. The average molecular weight is 322 g/mol. The van der Waals surface area contributed by atoms with Crippen molar-refractivity contribution in [3.05, 3.63) is 22.8 Å². The summed E-state index contributed by atoms with van der Waals surface area (Å²) in [6.07, 6.45) is -3.72. The molecule has 0 saturated carbocycles. The Kier molecular flexibility index (Phi) is 4.32. The van der Waals surface area contributed by atoms with Crippen LogP contribution in [0.15, 0.2) is 12.3 Å². The lowest BCUT2D eigenvalue weighted by molar-refractivity contribution is -0.137. The van der Waals surface area contributed by atoms with Gasteiger partial charge in [-0.2, -0.15) is 13.2 Å². The molecular formula is C13H15ClF3N3O. The minimum Gasteiger partial charge on any atom is -0.354 e. The van der Waals surface area contributed by atoms with Crippen LogP contribution in [-0.4, -0.2) is 30.0 Å². The lowest BCUT2D eigenvalue weighted by Gasteiger charge is -2.39. The van der Waals surface area contributed by atoms with Crippen LogP contribution in [-0.2, 0) is 11.0 Å². The van der Waals surface area contributed by atoms with Gasteiger partial charge < -0.3 is 10.2 Å². The monoisotopic (exact) mass is 321 g/mol. The van der Waals surface area contributed by atoms with Gasteiger partial charge in [0.2, 0.25) is 5.91 Å². The Morgan fingerprint density at radius 2 is 2.10 bits per heavy atom. The lowest BCUT2D eigenvalue weighted by Crippen LogP contribution is -2.55. The SMILES string of the molecule is CC(C)NC(=O)C1CN(c2ncc(C(F)(F)F)cc2Cl)C1. The van der Waals surface area contributed by atoms with Crippen LogP contribution < -0.4 is 10.2 Å². The maximum Gasteiger partial charge on any atom is 0.417 e. The highest BCUT2D eigenvalue weighted by molar-refractivity contribution is 6.33. The normalized spacial score (nSPS) is 16.0. The van der Waals surface area contributed by atoms with Gasteiger partial charge in [0.05, 0.1) is 16.5 Å². The van der Waals surface area contributed by atoms with E-state index >= 15 is 0 Å². The largest absolute Gasteiger partial charge is 0.417 e. The van der Waals surface area contributed by atoms with Gasteiger partial charge in [0.1, 0.15) is 5.82 Å². The molecule has 0 unspecified atom stereocenters. The van der Waals surface area contributed by atoms with Crippen molar-refractivity contribution < 1.29 is 18.0 Å². The smallest absolute Gasteiger partial charge is 0.354 e. The molecule has 0 atom stereocenters. The molecule has 1 aliphatic heterocycles. The zero-order chi connectivity index (χ0) is 15.8. The molecule has 116 valence electrons. The molecule has 0 spiro atoms. The summed E-state index contributed by atoms with van der Waals surface area (Å²) in [5.74, 6) is 0.0232. The van der Waals surface area contributed by atoms with Crippen LogP contribution in [0.3, 0.4) is 0 Å². The van der Waals surface area contributed by atoms with Crippen molar-refractivity contribution in [1.82, 2.24) is 10.3 Å². The Labute approximate surface area is 125 Å². The first-order valence-electron chi connectivity index (χ1n) is 6.46. The third kappa shape index (κ3) is 3.58. The Bertz CT molecular complexity index is 542. The summed E-state index contributed by atoms with van der Waals surface area (Å²) in [6, 6.07) is 0.908. The molecule has 8 heteroatoms. The molecule has 0 radical (unpaired) electrons. The van der Waals surface area contributed by atoms with Gasteiger partial charge in [0.15, 0.2) is 0 Å². The molecule has 2 heterocycles. The van der Waals surface area contributed by atoms with Crippen LogP contribution >= 0.6 is 11.6 Å². The molecule has 4 nitrogen and oxygen atoms in total. The highest BCUT2D eigenvalue weighted by Crippen LogP contribution is 2.35. The summed E-state index contributed by atoms with van der Waals surface area (Å²) in [6.45, 7) is 4.53. The molecule has 1 saturated heterocycles. The Balaban J connectivity index is 2.01. The number of hydrogen-bond acceptors (Lipinski definition) is 3. The van der Waals surface area contributed by atoms with Crippen molar-refractivity contribution in [2.75, 3.05) is 18.0 Å². The Hall–Kier alpha value is -1.50. The van der Waals surface area contributed by atoms with Crippen LogP contribution in [0.2, 0.25) is 5.02 Å². The molecule has 1 aliphatic rings. The number of hydrogen-bond donors (Lipinski definition) is 1. The summed E-state index contributed by atoms with van der Waals surface area (Å²) in [4.78, 5) is 17.2. The van der Waals surface area contributed by atoms with Gasteiger partial charge in [0, 0.05) is 25.3 Å². The molecule has 1 fully saturated rings. The number of pyridine rings is 1. The average Bonchev–Trinajstić information content (AvgIpc) is 2.26. The number of carbonyl (C=O) groups is 1. The second-order valence-corrected chi connectivity index (χ2v) is 5.70. The van der Waals surface area contributed by atoms with Crippen LogP contribution in [0.25, 0.3) is 0 Å². The van der Waals surface area contributed by atoms with Crippen molar-refractivity contribution in [3.63, 3.8) is 0 Å². The number of nitrogens with zero attached hydrogens (tertiary/aromatic N) is 2. The maximum absolute atomic E-state index is 12.5. The van der Waals surface area contributed by atoms with Crippen LogP contribution in [0.5, 0.6) is 0 Å². The van der Waals surface area contributed by atoms with Crippen molar-refractivity contribution in [2.24, 2.45) is 5.92 Å². The molecule has 0 aromatic carbocycles. The predicted octanol–water partition coefficient (Wildman–Crippen LogP) is 2.71. The van der Waals surface area contributed by atoms with E-state index in [1.807, 2.05) is 13.8 Å². The number of amides is 1. The third-order valence-electron chi connectivity index (χ3n) is 3.13. The van der Waals surface area contributed by atoms with E-state index in [1.165, 1.54) is 0 Å². The summed E-state index contributed by atoms with van der Waals surface area (Å²) >= 11 is 5.85. The number of aromatic nitrogens is 1.